The Morgan fingerprint density at radius 2 is 1.70 bits per heavy atom. The number of furan rings is 1. The third kappa shape index (κ3) is 2.62. The Kier molecular flexibility index (Phi) is 3.39. The molecule has 0 amide bonds. The molecule has 0 atom stereocenters. The van der Waals surface area contributed by atoms with Crippen LogP contribution in [0, 0.1) is 0 Å². The predicted molar refractivity (Wildman–Crippen MR) is 96.8 cm³/mol. The van der Waals surface area contributed by atoms with Gasteiger partial charge in [-0.15, -0.1) is 0 Å². The van der Waals surface area contributed by atoms with Crippen LogP contribution in [0.4, 0.5) is 5.69 Å². The molecule has 3 nitrogen and oxygen atoms in total. The molecule has 0 fully saturated rings. The van der Waals surface area contributed by atoms with E-state index in [0.29, 0.717) is 11.3 Å². The van der Waals surface area contributed by atoms with E-state index in [4.69, 9.17) is 4.42 Å². The van der Waals surface area contributed by atoms with Gasteiger partial charge in [-0.25, -0.2) is 0 Å². The molecule has 1 heterocycles. The number of phenols is 1. The molecule has 1 N–H and O–H groups in total. The highest BCUT2D eigenvalue weighted by Gasteiger charge is 2.10. The molecule has 3 aromatic carbocycles. The molecule has 0 aliphatic heterocycles. The van der Waals surface area contributed by atoms with Crippen LogP contribution in [-0.2, 0) is 0 Å². The lowest BCUT2D eigenvalue weighted by molar-refractivity contribution is 0.477. The molecule has 4 aromatic rings. The van der Waals surface area contributed by atoms with Crippen molar-refractivity contribution < 1.29 is 9.52 Å². The number of nitrogens with zero attached hydrogens (tertiary/aromatic N) is 1. The van der Waals surface area contributed by atoms with Gasteiger partial charge in [-0.2, -0.15) is 0 Å². The number of para-hydroxylation sites is 1. The topological polar surface area (TPSA) is 45.7 Å². The SMILES string of the molecule is Oc1cc2c(cc1N=Cc1ccc(Br)cc1)oc1ccccc12. The summed E-state index contributed by atoms with van der Waals surface area (Å²) in [7, 11) is 0. The molecule has 112 valence electrons. The summed E-state index contributed by atoms with van der Waals surface area (Å²) in [6.45, 7) is 0. The number of hydrogen-bond donors (Lipinski definition) is 1. The number of fused-ring (bicyclic) bond motifs is 3. The largest absolute Gasteiger partial charge is 0.506 e. The molecular weight excluding hydrogens is 354 g/mol. The number of aromatic hydroxyl groups is 1. The lowest BCUT2D eigenvalue weighted by Crippen LogP contribution is -1.79. The van der Waals surface area contributed by atoms with E-state index in [9.17, 15) is 5.11 Å². The van der Waals surface area contributed by atoms with E-state index in [1.165, 1.54) is 0 Å². The van der Waals surface area contributed by atoms with Crippen molar-refractivity contribution in [2.45, 2.75) is 0 Å². The van der Waals surface area contributed by atoms with E-state index in [2.05, 4.69) is 20.9 Å². The number of aliphatic imine (C=N–C) groups is 1. The van der Waals surface area contributed by atoms with Crippen LogP contribution in [0.25, 0.3) is 21.9 Å². The lowest BCUT2D eigenvalue weighted by Gasteiger charge is -1.99. The van der Waals surface area contributed by atoms with Gasteiger partial charge in [0.2, 0.25) is 0 Å². The minimum absolute atomic E-state index is 0.136. The Bertz CT molecular complexity index is 1030. The molecule has 0 saturated heterocycles. The molecule has 0 aliphatic rings. The average Bonchev–Trinajstić information content (AvgIpc) is 2.92. The smallest absolute Gasteiger partial charge is 0.142 e. The van der Waals surface area contributed by atoms with Gasteiger partial charge in [0.15, 0.2) is 0 Å². The Morgan fingerprint density at radius 3 is 2.52 bits per heavy atom. The molecule has 23 heavy (non-hydrogen) atoms. The Morgan fingerprint density at radius 1 is 0.913 bits per heavy atom. The molecule has 0 radical (unpaired) electrons. The molecule has 0 unspecified atom stereocenters. The summed E-state index contributed by atoms with van der Waals surface area (Å²) < 4.78 is 6.84. The first kappa shape index (κ1) is 14.0. The fourth-order valence-corrected chi connectivity index (χ4v) is 2.81. The molecule has 0 aliphatic carbocycles. The van der Waals surface area contributed by atoms with Gasteiger partial charge in [0.1, 0.15) is 22.6 Å². The van der Waals surface area contributed by atoms with Gasteiger partial charge in [0.05, 0.1) is 0 Å². The van der Waals surface area contributed by atoms with Crippen molar-refractivity contribution in [2.24, 2.45) is 4.99 Å². The van der Waals surface area contributed by atoms with Gasteiger partial charge in [-0.3, -0.25) is 4.99 Å². The fraction of sp³-hybridized carbons (Fsp3) is 0. The molecule has 4 rings (SSSR count). The molecule has 1 aromatic heterocycles. The summed E-state index contributed by atoms with van der Waals surface area (Å²) in [4.78, 5) is 4.38. The quantitative estimate of drug-likeness (QED) is 0.456. The summed E-state index contributed by atoms with van der Waals surface area (Å²) in [5, 5.41) is 12.1. The Labute approximate surface area is 141 Å². The second-order valence-electron chi connectivity index (χ2n) is 5.25. The van der Waals surface area contributed by atoms with Crippen LogP contribution >= 0.6 is 15.9 Å². The minimum atomic E-state index is 0.136. The van der Waals surface area contributed by atoms with E-state index in [0.717, 1.165) is 26.4 Å². The molecule has 0 bridgehead atoms. The van der Waals surface area contributed by atoms with E-state index in [1.807, 2.05) is 48.5 Å². The minimum Gasteiger partial charge on any atom is -0.506 e. The van der Waals surface area contributed by atoms with Crippen molar-refractivity contribution >= 4 is 49.8 Å². The maximum Gasteiger partial charge on any atom is 0.142 e. The molecular formula is C19H12BrNO2. The van der Waals surface area contributed by atoms with Crippen LogP contribution in [0.3, 0.4) is 0 Å². The molecule has 0 spiro atoms. The first-order valence-corrected chi connectivity index (χ1v) is 7.94. The van der Waals surface area contributed by atoms with Gasteiger partial charge in [-0.05, 0) is 29.8 Å². The van der Waals surface area contributed by atoms with Crippen molar-refractivity contribution in [3.63, 3.8) is 0 Å². The highest BCUT2D eigenvalue weighted by Crippen LogP contribution is 2.37. The lowest BCUT2D eigenvalue weighted by atomic mass is 10.1. The average molecular weight is 366 g/mol. The zero-order valence-electron chi connectivity index (χ0n) is 12.0. The summed E-state index contributed by atoms with van der Waals surface area (Å²) in [5.74, 6) is 0.136. The third-order valence-corrected chi connectivity index (χ3v) is 4.23. The number of benzene rings is 3. The maximum absolute atomic E-state index is 10.2. The summed E-state index contributed by atoms with van der Waals surface area (Å²) in [5.41, 5.74) is 2.96. The van der Waals surface area contributed by atoms with Gasteiger partial charge in [-0.1, -0.05) is 46.3 Å². The van der Waals surface area contributed by atoms with E-state index >= 15 is 0 Å². The van der Waals surface area contributed by atoms with Crippen LogP contribution in [-0.4, -0.2) is 11.3 Å². The van der Waals surface area contributed by atoms with E-state index in [-0.39, 0.29) is 5.75 Å². The second-order valence-corrected chi connectivity index (χ2v) is 6.16. The van der Waals surface area contributed by atoms with E-state index < -0.39 is 0 Å². The van der Waals surface area contributed by atoms with Crippen LogP contribution in [0.1, 0.15) is 5.56 Å². The summed E-state index contributed by atoms with van der Waals surface area (Å²) >= 11 is 3.40. The third-order valence-electron chi connectivity index (χ3n) is 3.70. The van der Waals surface area contributed by atoms with Gasteiger partial charge in [0.25, 0.3) is 0 Å². The van der Waals surface area contributed by atoms with Crippen LogP contribution in [0.2, 0.25) is 0 Å². The Hall–Kier alpha value is -2.59. The highest BCUT2D eigenvalue weighted by atomic mass is 79.9. The van der Waals surface area contributed by atoms with E-state index in [1.54, 1.807) is 18.3 Å². The fourth-order valence-electron chi connectivity index (χ4n) is 2.55. The second kappa shape index (κ2) is 5.56. The first-order chi connectivity index (χ1) is 11.2. The number of phenolic OH excluding ortho intramolecular Hbond substituents is 1. The van der Waals surface area contributed by atoms with Crippen molar-refractivity contribution in [1.29, 1.82) is 0 Å². The number of hydrogen-bond acceptors (Lipinski definition) is 3. The van der Waals surface area contributed by atoms with Crippen molar-refractivity contribution in [3.8, 4) is 5.75 Å². The van der Waals surface area contributed by atoms with Crippen LogP contribution in [0.5, 0.6) is 5.75 Å². The number of halogens is 1. The van der Waals surface area contributed by atoms with Crippen LogP contribution in [0.15, 0.2) is 74.5 Å². The highest BCUT2D eigenvalue weighted by molar-refractivity contribution is 9.10. The first-order valence-electron chi connectivity index (χ1n) is 7.14. The van der Waals surface area contributed by atoms with Crippen molar-refractivity contribution in [3.05, 3.63) is 70.7 Å². The maximum atomic E-state index is 10.2. The zero-order chi connectivity index (χ0) is 15.8. The monoisotopic (exact) mass is 365 g/mol. The molecule has 0 saturated carbocycles. The summed E-state index contributed by atoms with van der Waals surface area (Å²) in [6, 6.07) is 19.0. The Balaban J connectivity index is 1.79. The molecule has 4 heteroatoms. The van der Waals surface area contributed by atoms with Crippen molar-refractivity contribution in [1.82, 2.24) is 0 Å². The van der Waals surface area contributed by atoms with Crippen molar-refractivity contribution in [2.75, 3.05) is 0 Å². The normalized spacial score (nSPS) is 11.7. The standard InChI is InChI=1S/C19H12BrNO2/c20-13-7-5-12(6-8-13)11-21-16-10-19-15(9-17(16)22)14-3-1-2-4-18(14)23-19/h1-11,22H. The van der Waals surface area contributed by atoms with Gasteiger partial charge < -0.3 is 9.52 Å². The summed E-state index contributed by atoms with van der Waals surface area (Å²) in [6.07, 6.45) is 1.72. The number of rotatable bonds is 2. The predicted octanol–water partition coefficient (Wildman–Crippen LogP) is 5.80. The van der Waals surface area contributed by atoms with Gasteiger partial charge in [0, 0.05) is 27.5 Å². The van der Waals surface area contributed by atoms with Gasteiger partial charge >= 0.3 is 0 Å². The van der Waals surface area contributed by atoms with Crippen LogP contribution < -0.4 is 0 Å². The zero-order valence-corrected chi connectivity index (χ0v) is 13.6.